The molecule has 0 bridgehead atoms. The number of benzene rings is 1. The lowest BCUT2D eigenvalue weighted by atomic mass is 10.2. The third-order valence-corrected chi connectivity index (χ3v) is 3.56. The Balaban J connectivity index is 1.97. The summed E-state index contributed by atoms with van der Waals surface area (Å²) in [6.07, 6.45) is -6.34. The van der Waals surface area contributed by atoms with Gasteiger partial charge in [-0.3, -0.25) is 4.79 Å². The smallest absolute Gasteiger partial charge is 0.387 e. The summed E-state index contributed by atoms with van der Waals surface area (Å²) in [6, 6.07) is 3.67. The van der Waals surface area contributed by atoms with Crippen molar-refractivity contribution in [3.05, 3.63) is 53.2 Å². The second-order valence-corrected chi connectivity index (χ2v) is 5.48. The maximum Gasteiger partial charge on any atom is 0.387 e. The second-order valence-electron chi connectivity index (χ2n) is 5.48. The molecule has 29 heavy (non-hydrogen) atoms. The predicted octanol–water partition coefficient (Wildman–Crippen LogP) is 4.60. The van der Waals surface area contributed by atoms with Crippen molar-refractivity contribution >= 4 is 17.2 Å². The molecule has 3 rings (SSSR count). The minimum Gasteiger partial charge on any atom is -0.432 e. The third-order valence-electron chi connectivity index (χ3n) is 3.56. The van der Waals surface area contributed by atoms with Crippen LogP contribution in [0.25, 0.3) is 5.65 Å². The minimum absolute atomic E-state index is 0.357. The van der Waals surface area contributed by atoms with Crippen LogP contribution in [0.4, 0.5) is 36.4 Å². The molecule has 0 unspecified atom stereocenters. The molecule has 6 nitrogen and oxygen atoms in total. The molecule has 0 radical (unpaired) electrons. The van der Waals surface area contributed by atoms with Gasteiger partial charge in [-0.1, -0.05) is 0 Å². The highest BCUT2D eigenvalue weighted by Crippen LogP contribution is 2.28. The van der Waals surface area contributed by atoms with Crippen molar-refractivity contribution in [3.8, 4) is 5.75 Å². The summed E-state index contributed by atoms with van der Waals surface area (Å²) < 4.78 is 94.7. The van der Waals surface area contributed by atoms with E-state index in [1.807, 2.05) is 0 Å². The Morgan fingerprint density at radius 2 is 1.76 bits per heavy atom. The summed E-state index contributed by atoms with van der Waals surface area (Å²) in [5.41, 5.74) is -3.20. The van der Waals surface area contributed by atoms with Crippen molar-refractivity contribution in [1.29, 1.82) is 0 Å². The van der Waals surface area contributed by atoms with Crippen molar-refractivity contribution in [2.45, 2.75) is 19.5 Å². The molecule has 1 amide bonds. The number of hydrogen-bond donors (Lipinski definition) is 1. The van der Waals surface area contributed by atoms with Crippen LogP contribution in [0.15, 0.2) is 30.3 Å². The Labute approximate surface area is 156 Å². The Kier molecular flexibility index (Phi) is 5.57. The van der Waals surface area contributed by atoms with E-state index in [2.05, 4.69) is 20.1 Å². The van der Waals surface area contributed by atoms with E-state index in [1.165, 1.54) is 0 Å². The molecule has 1 aromatic carbocycles. The van der Waals surface area contributed by atoms with Gasteiger partial charge in [0.1, 0.15) is 17.2 Å². The molecule has 2 heterocycles. The molecule has 0 aliphatic carbocycles. The number of nitrogens with zero attached hydrogens (tertiary/aromatic N) is 3. The third kappa shape index (κ3) is 4.38. The average molecular weight is 422 g/mol. The Morgan fingerprint density at radius 3 is 2.38 bits per heavy atom. The van der Waals surface area contributed by atoms with E-state index in [9.17, 15) is 35.5 Å². The number of aromatic nitrogens is 3. The monoisotopic (exact) mass is 422 g/mol. The zero-order chi connectivity index (χ0) is 21.3. The van der Waals surface area contributed by atoms with Crippen molar-refractivity contribution in [2.75, 3.05) is 5.32 Å². The lowest BCUT2D eigenvalue weighted by molar-refractivity contribution is -0.0495. The fourth-order valence-corrected chi connectivity index (χ4v) is 2.38. The fourth-order valence-electron chi connectivity index (χ4n) is 2.38. The molecule has 0 saturated carbocycles. The highest BCUT2D eigenvalue weighted by molar-refractivity contribution is 6.04. The molecule has 0 fully saturated rings. The number of anilines is 1. The van der Waals surface area contributed by atoms with Gasteiger partial charge in [-0.05, 0) is 18.2 Å². The van der Waals surface area contributed by atoms with Crippen LogP contribution in [0.3, 0.4) is 0 Å². The van der Waals surface area contributed by atoms with Crippen LogP contribution in [-0.4, -0.2) is 27.1 Å². The maximum atomic E-state index is 13.2. The van der Waals surface area contributed by atoms with Gasteiger partial charge < -0.3 is 10.1 Å². The van der Waals surface area contributed by atoms with Crippen molar-refractivity contribution in [2.24, 2.45) is 0 Å². The van der Waals surface area contributed by atoms with Crippen LogP contribution in [0.1, 0.15) is 34.7 Å². The molecule has 13 heteroatoms. The number of ether oxygens (including phenoxy) is 1. The molecule has 0 saturated heterocycles. The van der Waals surface area contributed by atoms with Gasteiger partial charge in [0, 0.05) is 12.1 Å². The molecular formula is C16H9F7N4O2. The number of alkyl halides is 6. The van der Waals surface area contributed by atoms with Crippen LogP contribution in [0.2, 0.25) is 0 Å². The van der Waals surface area contributed by atoms with E-state index >= 15 is 0 Å². The van der Waals surface area contributed by atoms with E-state index in [4.69, 9.17) is 0 Å². The van der Waals surface area contributed by atoms with Gasteiger partial charge in [0.15, 0.2) is 17.1 Å². The average Bonchev–Trinajstić information content (AvgIpc) is 3.06. The van der Waals surface area contributed by atoms with Gasteiger partial charge in [0.05, 0.1) is 5.69 Å². The van der Waals surface area contributed by atoms with Gasteiger partial charge in [0.2, 0.25) is 0 Å². The summed E-state index contributed by atoms with van der Waals surface area (Å²) in [7, 11) is 0. The number of carbonyl (C=O) groups excluding carboxylic acids is 1. The first-order valence-electron chi connectivity index (χ1n) is 7.68. The molecule has 154 valence electrons. The number of halogens is 7. The van der Waals surface area contributed by atoms with Crippen molar-refractivity contribution in [1.82, 2.24) is 14.6 Å². The number of nitrogens with one attached hydrogen (secondary N) is 1. The van der Waals surface area contributed by atoms with Gasteiger partial charge in [-0.2, -0.15) is 13.9 Å². The number of fused-ring (bicyclic) bond motifs is 1. The summed E-state index contributed by atoms with van der Waals surface area (Å²) in [4.78, 5) is 15.8. The van der Waals surface area contributed by atoms with E-state index in [0.29, 0.717) is 16.6 Å². The number of carbonyl (C=O) groups is 1. The van der Waals surface area contributed by atoms with Gasteiger partial charge in [-0.25, -0.2) is 31.5 Å². The molecular weight excluding hydrogens is 413 g/mol. The zero-order valence-corrected chi connectivity index (χ0v) is 13.9. The van der Waals surface area contributed by atoms with Gasteiger partial charge in [-0.15, -0.1) is 0 Å². The van der Waals surface area contributed by atoms with Crippen molar-refractivity contribution < 1.29 is 40.3 Å². The summed E-state index contributed by atoms with van der Waals surface area (Å²) in [5.74, 6) is -2.69. The second kappa shape index (κ2) is 7.93. The number of rotatable bonds is 6. The Hall–Kier alpha value is -3.38. The zero-order valence-electron chi connectivity index (χ0n) is 13.9. The van der Waals surface area contributed by atoms with Crippen LogP contribution in [0.5, 0.6) is 5.75 Å². The SMILES string of the molecule is O=C(Nc1ccc(F)cc1OC(F)F)c1cc2nc(C(F)F)cc(C(F)F)n2n1. The first-order chi connectivity index (χ1) is 13.7. The molecule has 0 aliphatic heterocycles. The first-order valence-corrected chi connectivity index (χ1v) is 7.68. The molecule has 0 atom stereocenters. The van der Waals surface area contributed by atoms with Crippen molar-refractivity contribution in [3.63, 3.8) is 0 Å². The Bertz CT molecular complexity index is 1060. The van der Waals surface area contributed by atoms with E-state index in [0.717, 1.165) is 18.2 Å². The molecule has 0 spiro atoms. The van der Waals surface area contributed by atoms with Gasteiger partial charge >= 0.3 is 6.61 Å². The predicted molar refractivity (Wildman–Crippen MR) is 83.9 cm³/mol. The first kappa shape index (κ1) is 20.4. The normalized spacial score (nSPS) is 11.7. The summed E-state index contributed by atoms with van der Waals surface area (Å²) in [6.45, 7) is -3.31. The van der Waals surface area contributed by atoms with Crippen LogP contribution < -0.4 is 10.1 Å². The summed E-state index contributed by atoms with van der Waals surface area (Å²) in [5, 5.41) is 5.70. The lowest BCUT2D eigenvalue weighted by Gasteiger charge is -2.11. The van der Waals surface area contributed by atoms with E-state index < -0.39 is 59.7 Å². The largest absolute Gasteiger partial charge is 0.432 e. The standard InChI is InChI=1S/C16H9F7N4O2/c17-6-1-2-7(11(3-6)29-16(22)23)25-15(28)9-5-12-24-8(13(18)19)4-10(14(20)21)27(12)26-9/h1-5,13-14,16H,(H,25,28). The molecule has 3 aromatic rings. The van der Waals surface area contributed by atoms with Crippen LogP contribution in [-0.2, 0) is 0 Å². The molecule has 2 aromatic heterocycles. The van der Waals surface area contributed by atoms with E-state index in [-0.39, 0.29) is 5.69 Å². The van der Waals surface area contributed by atoms with E-state index in [1.54, 1.807) is 0 Å². The van der Waals surface area contributed by atoms with Crippen LogP contribution in [0, 0.1) is 5.82 Å². The van der Waals surface area contributed by atoms with Gasteiger partial charge in [0.25, 0.3) is 18.8 Å². The highest BCUT2D eigenvalue weighted by atomic mass is 19.3. The fraction of sp³-hybridized carbons (Fsp3) is 0.188. The number of hydrogen-bond acceptors (Lipinski definition) is 4. The lowest BCUT2D eigenvalue weighted by Crippen LogP contribution is -2.15. The molecule has 1 N–H and O–H groups in total. The summed E-state index contributed by atoms with van der Waals surface area (Å²) >= 11 is 0. The Morgan fingerprint density at radius 1 is 1.03 bits per heavy atom. The quantitative estimate of drug-likeness (QED) is 0.590. The highest BCUT2D eigenvalue weighted by Gasteiger charge is 2.23. The number of amides is 1. The van der Waals surface area contributed by atoms with Crippen LogP contribution >= 0.6 is 0 Å². The topological polar surface area (TPSA) is 68.5 Å². The maximum absolute atomic E-state index is 13.2. The minimum atomic E-state index is -3.31. The molecule has 0 aliphatic rings.